The van der Waals surface area contributed by atoms with Crippen molar-refractivity contribution in [1.29, 1.82) is 0 Å². The number of hydrogen-bond acceptors (Lipinski definition) is 2. The van der Waals surface area contributed by atoms with Gasteiger partial charge in [0.2, 0.25) is 0 Å². The number of primary amides is 1. The minimum Gasteiger partial charge on any atom is -0.490 e. The molecule has 1 aromatic carbocycles. The predicted octanol–water partition coefficient (Wildman–Crippen LogP) is 2.45. The molecule has 16 heavy (non-hydrogen) atoms. The Labute approximate surface area is 95.6 Å². The van der Waals surface area contributed by atoms with E-state index in [0.29, 0.717) is 17.2 Å². The molecule has 1 aromatic rings. The number of carbonyl (C=O) groups is 1. The molecule has 1 amide bonds. The Hall–Kier alpha value is -1.51. The summed E-state index contributed by atoms with van der Waals surface area (Å²) in [4.78, 5) is 11.3. The number of hydrogen-bond donors (Lipinski definition) is 1. The first-order valence-electron chi connectivity index (χ1n) is 5.68. The quantitative estimate of drug-likeness (QED) is 0.845. The van der Waals surface area contributed by atoms with Gasteiger partial charge in [0.1, 0.15) is 5.75 Å². The number of carbonyl (C=O) groups excluding carboxylic acids is 1. The van der Waals surface area contributed by atoms with Gasteiger partial charge < -0.3 is 10.5 Å². The summed E-state index contributed by atoms with van der Waals surface area (Å²) >= 11 is 0. The average Bonchev–Trinajstić information content (AvgIpc) is 3.01. The van der Waals surface area contributed by atoms with E-state index in [1.807, 2.05) is 18.2 Å². The highest BCUT2D eigenvalue weighted by Gasteiger charge is 2.25. The molecule has 2 N–H and O–H groups in total. The van der Waals surface area contributed by atoms with Crippen LogP contribution in [0.15, 0.2) is 18.2 Å². The van der Waals surface area contributed by atoms with E-state index in [2.05, 4.69) is 13.8 Å². The van der Waals surface area contributed by atoms with E-state index < -0.39 is 5.91 Å². The molecule has 0 saturated heterocycles. The van der Waals surface area contributed by atoms with Crippen molar-refractivity contribution in [3.8, 4) is 5.75 Å². The summed E-state index contributed by atoms with van der Waals surface area (Å²) in [7, 11) is 0. The molecule has 1 aliphatic rings. The predicted molar refractivity (Wildman–Crippen MR) is 62.7 cm³/mol. The van der Waals surface area contributed by atoms with Gasteiger partial charge in [0.05, 0.1) is 11.7 Å². The van der Waals surface area contributed by atoms with Crippen LogP contribution in [0.1, 0.15) is 48.5 Å². The molecule has 0 heterocycles. The fourth-order valence-electron chi connectivity index (χ4n) is 1.57. The second-order valence-corrected chi connectivity index (χ2v) is 4.59. The van der Waals surface area contributed by atoms with E-state index in [4.69, 9.17) is 10.5 Å². The molecule has 1 aliphatic carbocycles. The molecule has 0 radical (unpaired) electrons. The molecule has 2 rings (SSSR count). The van der Waals surface area contributed by atoms with E-state index >= 15 is 0 Å². The molecule has 1 saturated carbocycles. The van der Waals surface area contributed by atoms with Gasteiger partial charge >= 0.3 is 0 Å². The van der Waals surface area contributed by atoms with Gasteiger partial charge in [0.25, 0.3) is 5.91 Å². The second-order valence-electron chi connectivity index (χ2n) is 4.59. The van der Waals surface area contributed by atoms with Gasteiger partial charge in [0.15, 0.2) is 0 Å². The van der Waals surface area contributed by atoms with Crippen molar-refractivity contribution in [3.05, 3.63) is 29.3 Å². The normalized spacial score (nSPS) is 15.2. The summed E-state index contributed by atoms with van der Waals surface area (Å²) in [6, 6.07) is 5.69. The van der Waals surface area contributed by atoms with Crippen LogP contribution >= 0.6 is 0 Å². The maximum atomic E-state index is 11.3. The molecule has 3 nitrogen and oxygen atoms in total. The van der Waals surface area contributed by atoms with Crippen LogP contribution in [0.5, 0.6) is 5.75 Å². The Balaban J connectivity index is 2.32. The zero-order valence-electron chi connectivity index (χ0n) is 9.69. The fourth-order valence-corrected chi connectivity index (χ4v) is 1.57. The van der Waals surface area contributed by atoms with Crippen molar-refractivity contribution in [1.82, 2.24) is 0 Å². The van der Waals surface area contributed by atoms with E-state index in [1.54, 1.807) is 0 Å². The number of benzene rings is 1. The van der Waals surface area contributed by atoms with Crippen LogP contribution in [0.4, 0.5) is 0 Å². The summed E-state index contributed by atoms with van der Waals surface area (Å²) < 4.78 is 5.65. The van der Waals surface area contributed by atoms with Gasteiger partial charge in [-0.05, 0) is 36.5 Å². The monoisotopic (exact) mass is 219 g/mol. The molecule has 0 aliphatic heterocycles. The Kier molecular flexibility index (Phi) is 2.86. The maximum absolute atomic E-state index is 11.3. The third kappa shape index (κ3) is 2.35. The summed E-state index contributed by atoms with van der Waals surface area (Å²) in [5.41, 5.74) is 6.97. The highest BCUT2D eigenvalue weighted by atomic mass is 16.5. The Bertz CT molecular complexity index is 408. The molecule has 0 unspecified atom stereocenters. The van der Waals surface area contributed by atoms with E-state index in [0.717, 1.165) is 18.4 Å². The van der Waals surface area contributed by atoms with Crippen LogP contribution in [0.25, 0.3) is 0 Å². The van der Waals surface area contributed by atoms with Crippen molar-refractivity contribution >= 4 is 5.91 Å². The van der Waals surface area contributed by atoms with E-state index in [9.17, 15) is 4.79 Å². The molecule has 3 heteroatoms. The van der Waals surface area contributed by atoms with Gasteiger partial charge in [-0.25, -0.2) is 0 Å². The molecular formula is C13H17NO2. The first-order valence-corrected chi connectivity index (χ1v) is 5.68. The summed E-state index contributed by atoms with van der Waals surface area (Å²) in [5.74, 6) is 0.589. The van der Waals surface area contributed by atoms with Gasteiger partial charge in [-0.15, -0.1) is 0 Å². The highest BCUT2D eigenvalue weighted by Crippen LogP contribution is 2.30. The lowest BCUT2D eigenvalue weighted by molar-refractivity contribution is 0.0996. The largest absolute Gasteiger partial charge is 0.490 e. The Morgan fingerprint density at radius 1 is 1.44 bits per heavy atom. The van der Waals surface area contributed by atoms with Crippen molar-refractivity contribution in [2.24, 2.45) is 5.73 Å². The van der Waals surface area contributed by atoms with Crippen molar-refractivity contribution in [3.63, 3.8) is 0 Å². The second kappa shape index (κ2) is 4.16. The van der Waals surface area contributed by atoms with Crippen molar-refractivity contribution < 1.29 is 9.53 Å². The molecule has 0 atom stereocenters. The van der Waals surface area contributed by atoms with Crippen LogP contribution < -0.4 is 10.5 Å². The topological polar surface area (TPSA) is 52.3 Å². The van der Waals surface area contributed by atoms with Gasteiger partial charge in [-0.3, -0.25) is 4.79 Å². The Morgan fingerprint density at radius 2 is 2.12 bits per heavy atom. The highest BCUT2D eigenvalue weighted by molar-refractivity contribution is 5.95. The van der Waals surface area contributed by atoms with Crippen LogP contribution in [0.2, 0.25) is 0 Å². The third-order valence-electron chi connectivity index (χ3n) is 2.75. The lowest BCUT2D eigenvalue weighted by Gasteiger charge is -2.12. The minimum absolute atomic E-state index is 0.281. The molecule has 0 aromatic heterocycles. The SMILES string of the molecule is CC(C)c1ccc(OC2CC2)c(C(N)=O)c1. The summed E-state index contributed by atoms with van der Waals surface area (Å²) in [6.07, 6.45) is 2.43. The summed E-state index contributed by atoms with van der Waals surface area (Å²) in [6.45, 7) is 4.17. The first kappa shape index (κ1) is 11.0. The van der Waals surface area contributed by atoms with Gasteiger partial charge in [-0.1, -0.05) is 19.9 Å². The summed E-state index contributed by atoms with van der Waals surface area (Å²) in [5, 5.41) is 0. The van der Waals surface area contributed by atoms with E-state index in [1.165, 1.54) is 0 Å². The zero-order chi connectivity index (χ0) is 11.7. The molecule has 86 valence electrons. The number of nitrogens with two attached hydrogens (primary N) is 1. The zero-order valence-corrected chi connectivity index (χ0v) is 9.69. The average molecular weight is 219 g/mol. The first-order chi connectivity index (χ1) is 7.58. The van der Waals surface area contributed by atoms with Crippen molar-refractivity contribution in [2.75, 3.05) is 0 Å². The van der Waals surface area contributed by atoms with Crippen LogP contribution in [0, 0.1) is 0 Å². The lowest BCUT2D eigenvalue weighted by atomic mass is 10.00. The lowest BCUT2D eigenvalue weighted by Crippen LogP contribution is -2.14. The number of rotatable bonds is 4. The van der Waals surface area contributed by atoms with Crippen LogP contribution in [-0.2, 0) is 0 Å². The standard InChI is InChI=1S/C13H17NO2/c1-8(2)9-3-6-12(16-10-4-5-10)11(7-9)13(14)15/h3,6-8,10H,4-5H2,1-2H3,(H2,14,15). The number of amides is 1. The minimum atomic E-state index is -0.418. The van der Waals surface area contributed by atoms with Gasteiger partial charge in [-0.2, -0.15) is 0 Å². The Morgan fingerprint density at radius 3 is 2.62 bits per heavy atom. The smallest absolute Gasteiger partial charge is 0.252 e. The molecular weight excluding hydrogens is 202 g/mol. The third-order valence-corrected chi connectivity index (χ3v) is 2.75. The van der Waals surface area contributed by atoms with Crippen molar-refractivity contribution in [2.45, 2.75) is 38.7 Å². The fraction of sp³-hybridized carbons (Fsp3) is 0.462. The van der Waals surface area contributed by atoms with Crippen LogP contribution in [0.3, 0.4) is 0 Å². The van der Waals surface area contributed by atoms with Gasteiger partial charge in [0, 0.05) is 0 Å². The number of ether oxygens (including phenoxy) is 1. The van der Waals surface area contributed by atoms with E-state index in [-0.39, 0.29) is 6.10 Å². The maximum Gasteiger partial charge on any atom is 0.252 e. The molecule has 0 spiro atoms. The molecule has 0 bridgehead atoms. The molecule has 1 fully saturated rings. The van der Waals surface area contributed by atoms with Crippen LogP contribution in [-0.4, -0.2) is 12.0 Å².